The minimum absolute atomic E-state index is 0.0736. The van der Waals surface area contributed by atoms with E-state index in [0.717, 1.165) is 16.7 Å². The highest BCUT2D eigenvalue weighted by molar-refractivity contribution is 7.80. The number of hydrogen-bond acceptors (Lipinski definition) is 4. The predicted octanol–water partition coefficient (Wildman–Crippen LogP) is 4.45. The Morgan fingerprint density at radius 1 is 0.889 bits per heavy atom. The Balaban J connectivity index is 1.76. The van der Waals surface area contributed by atoms with E-state index in [4.69, 9.17) is 9.84 Å². The zero-order valence-electron chi connectivity index (χ0n) is 20.5. The second-order valence-corrected chi connectivity index (χ2v) is 9.48. The molecule has 0 bridgehead atoms. The molecule has 2 unspecified atom stereocenters. The number of benzene rings is 3. The molecule has 0 fully saturated rings. The third-order valence-electron chi connectivity index (χ3n) is 5.60. The van der Waals surface area contributed by atoms with E-state index >= 15 is 0 Å². The van der Waals surface area contributed by atoms with Crippen LogP contribution in [0.25, 0.3) is 0 Å². The third-order valence-corrected chi connectivity index (χ3v) is 6.41. The number of likely N-dealkylation sites (N-methyl/N-ethyl adjacent to an activating group) is 1. The molecule has 0 aliphatic carbocycles. The quantitative estimate of drug-likeness (QED) is 0.369. The van der Waals surface area contributed by atoms with Gasteiger partial charge in [0.15, 0.2) is 0 Å². The Labute approximate surface area is 213 Å². The molecule has 0 aliphatic rings. The summed E-state index contributed by atoms with van der Waals surface area (Å²) in [6, 6.07) is 20.6. The van der Waals surface area contributed by atoms with Crippen molar-refractivity contribution in [3.05, 3.63) is 89.5 Å². The molecule has 9 heteroatoms. The van der Waals surface area contributed by atoms with Gasteiger partial charge in [-0.3, -0.25) is 18.4 Å². The fourth-order valence-corrected chi connectivity index (χ4v) is 4.35. The molecule has 0 heterocycles. The topological polar surface area (TPSA) is 107 Å². The normalized spacial score (nSPS) is 12.4. The van der Waals surface area contributed by atoms with Crippen molar-refractivity contribution in [3.63, 3.8) is 0 Å². The molecule has 0 aliphatic heterocycles. The molecule has 3 rings (SSSR count). The number of carboxylic acid groups (broad SMARTS) is 1. The van der Waals surface area contributed by atoms with E-state index < -0.39 is 23.3 Å². The number of carbonyl (C=O) groups is 2. The van der Waals surface area contributed by atoms with Gasteiger partial charge in [-0.2, -0.15) is 0 Å². The van der Waals surface area contributed by atoms with Gasteiger partial charge in [0.05, 0.1) is 5.69 Å². The highest BCUT2D eigenvalue weighted by Crippen LogP contribution is 2.26. The standard InChI is InChI=1S/C27H30N2O6S/c1-19-4-11-22(12-5-19)29(36(33)34)25(27(32)28(2)3)18-21-8-15-24(16-9-21)35-23-13-6-20(7-14-23)10-17-26(30)31/h4-9,11-16,25H,10,17-18H2,1-3H3,(H,30,31)(H,33,34). The summed E-state index contributed by atoms with van der Waals surface area (Å²) in [7, 11) is 3.24. The SMILES string of the molecule is Cc1ccc(N(C(Cc2ccc(Oc3ccc(CCC(=O)O)cc3)cc2)C(=O)N(C)C)S(=O)O)cc1. The molecule has 2 N–H and O–H groups in total. The molecule has 1 amide bonds. The van der Waals surface area contributed by atoms with E-state index in [1.807, 2.05) is 43.3 Å². The summed E-state index contributed by atoms with van der Waals surface area (Å²) >= 11 is -2.41. The van der Waals surface area contributed by atoms with Crippen molar-refractivity contribution in [3.8, 4) is 11.5 Å². The second kappa shape index (κ2) is 12.3. The van der Waals surface area contributed by atoms with Crippen LogP contribution in [0.5, 0.6) is 11.5 Å². The van der Waals surface area contributed by atoms with Crippen molar-refractivity contribution < 1.29 is 28.2 Å². The highest BCUT2D eigenvalue weighted by Gasteiger charge is 2.31. The maximum absolute atomic E-state index is 13.0. The molecule has 190 valence electrons. The molecule has 3 aromatic carbocycles. The van der Waals surface area contributed by atoms with Gasteiger partial charge in [0.1, 0.15) is 17.5 Å². The summed E-state index contributed by atoms with van der Waals surface area (Å²) in [5.41, 5.74) is 3.20. The lowest BCUT2D eigenvalue weighted by Gasteiger charge is -2.31. The summed E-state index contributed by atoms with van der Waals surface area (Å²) in [6.07, 6.45) is 0.745. The summed E-state index contributed by atoms with van der Waals surface area (Å²) in [5, 5.41) is 8.81. The maximum Gasteiger partial charge on any atom is 0.303 e. The Hall–Kier alpha value is -3.69. The Morgan fingerprint density at radius 3 is 1.89 bits per heavy atom. The van der Waals surface area contributed by atoms with Crippen molar-refractivity contribution >= 4 is 28.8 Å². The molecule has 0 radical (unpaired) electrons. The molecule has 0 saturated heterocycles. The Morgan fingerprint density at radius 2 is 1.42 bits per heavy atom. The van der Waals surface area contributed by atoms with Gasteiger partial charge in [0.25, 0.3) is 11.3 Å². The third kappa shape index (κ3) is 7.40. The number of amides is 1. The lowest BCUT2D eigenvalue weighted by molar-refractivity contribution is -0.137. The van der Waals surface area contributed by atoms with Gasteiger partial charge in [-0.25, -0.2) is 4.21 Å². The van der Waals surface area contributed by atoms with Crippen LogP contribution < -0.4 is 9.04 Å². The fourth-order valence-electron chi connectivity index (χ4n) is 3.67. The maximum atomic E-state index is 13.0. The first kappa shape index (κ1) is 26.9. The smallest absolute Gasteiger partial charge is 0.303 e. The Kier molecular flexibility index (Phi) is 9.21. The number of aryl methyl sites for hydroxylation is 2. The average molecular weight is 511 g/mol. The molecule has 0 aromatic heterocycles. The van der Waals surface area contributed by atoms with Crippen LogP contribution in [0.1, 0.15) is 23.1 Å². The number of rotatable bonds is 11. The summed E-state index contributed by atoms with van der Waals surface area (Å²) < 4.78 is 29.5. The van der Waals surface area contributed by atoms with Crippen molar-refractivity contribution in [1.29, 1.82) is 0 Å². The van der Waals surface area contributed by atoms with Crippen LogP contribution in [0.4, 0.5) is 5.69 Å². The van der Waals surface area contributed by atoms with E-state index in [1.54, 1.807) is 50.5 Å². The summed E-state index contributed by atoms with van der Waals surface area (Å²) in [4.78, 5) is 25.2. The molecular formula is C27H30N2O6S. The first-order chi connectivity index (χ1) is 17.1. The van der Waals surface area contributed by atoms with Crippen LogP contribution >= 0.6 is 0 Å². The number of carbonyl (C=O) groups excluding carboxylic acids is 1. The van der Waals surface area contributed by atoms with E-state index in [0.29, 0.717) is 23.6 Å². The molecule has 0 spiro atoms. The van der Waals surface area contributed by atoms with Crippen LogP contribution in [-0.4, -0.2) is 50.8 Å². The number of aliphatic carboxylic acids is 1. The lowest BCUT2D eigenvalue weighted by atomic mass is 10.0. The highest BCUT2D eigenvalue weighted by atomic mass is 32.2. The van der Waals surface area contributed by atoms with E-state index in [-0.39, 0.29) is 18.7 Å². The second-order valence-electron chi connectivity index (χ2n) is 8.63. The minimum atomic E-state index is -2.41. The number of nitrogens with zero attached hydrogens (tertiary/aromatic N) is 2. The van der Waals surface area contributed by atoms with Gasteiger partial charge in [0, 0.05) is 26.9 Å². The first-order valence-electron chi connectivity index (χ1n) is 11.4. The fraction of sp³-hybridized carbons (Fsp3) is 0.259. The molecular weight excluding hydrogens is 480 g/mol. The van der Waals surface area contributed by atoms with Gasteiger partial charge in [0.2, 0.25) is 5.91 Å². The van der Waals surface area contributed by atoms with Crippen molar-refractivity contribution in [2.24, 2.45) is 0 Å². The number of anilines is 1. The van der Waals surface area contributed by atoms with Crippen LogP contribution in [0.3, 0.4) is 0 Å². The molecule has 0 saturated carbocycles. The van der Waals surface area contributed by atoms with Crippen LogP contribution in [-0.2, 0) is 33.7 Å². The number of carboxylic acids is 1. The average Bonchev–Trinajstić information content (AvgIpc) is 2.84. The van der Waals surface area contributed by atoms with Crippen molar-refractivity contribution in [2.45, 2.75) is 32.2 Å². The summed E-state index contributed by atoms with van der Waals surface area (Å²) in [5.74, 6) is 0.0794. The molecule has 3 aromatic rings. The van der Waals surface area contributed by atoms with Gasteiger partial charge in [-0.15, -0.1) is 0 Å². The molecule has 36 heavy (non-hydrogen) atoms. The van der Waals surface area contributed by atoms with E-state index in [1.165, 1.54) is 9.21 Å². The number of ether oxygens (including phenoxy) is 1. The molecule has 8 nitrogen and oxygen atoms in total. The minimum Gasteiger partial charge on any atom is -0.481 e. The monoisotopic (exact) mass is 510 g/mol. The first-order valence-corrected chi connectivity index (χ1v) is 12.5. The molecule has 2 atom stereocenters. The zero-order chi connectivity index (χ0) is 26.2. The van der Waals surface area contributed by atoms with Gasteiger partial charge in [-0.05, 0) is 60.9 Å². The number of hydrogen-bond donors (Lipinski definition) is 2. The largest absolute Gasteiger partial charge is 0.481 e. The van der Waals surface area contributed by atoms with Crippen LogP contribution in [0.15, 0.2) is 72.8 Å². The lowest BCUT2D eigenvalue weighted by Crippen LogP contribution is -2.48. The van der Waals surface area contributed by atoms with Gasteiger partial charge < -0.3 is 14.7 Å². The van der Waals surface area contributed by atoms with Gasteiger partial charge >= 0.3 is 5.97 Å². The van der Waals surface area contributed by atoms with Gasteiger partial charge in [-0.1, -0.05) is 42.0 Å². The van der Waals surface area contributed by atoms with E-state index in [9.17, 15) is 18.4 Å². The van der Waals surface area contributed by atoms with Crippen molar-refractivity contribution in [2.75, 3.05) is 18.4 Å². The summed E-state index contributed by atoms with van der Waals surface area (Å²) in [6.45, 7) is 1.92. The zero-order valence-corrected chi connectivity index (χ0v) is 21.3. The Bertz CT molecular complexity index is 1190. The van der Waals surface area contributed by atoms with Crippen LogP contribution in [0, 0.1) is 6.92 Å². The predicted molar refractivity (Wildman–Crippen MR) is 140 cm³/mol. The van der Waals surface area contributed by atoms with Crippen LogP contribution in [0.2, 0.25) is 0 Å². The van der Waals surface area contributed by atoms with E-state index in [2.05, 4.69) is 0 Å². The van der Waals surface area contributed by atoms with Crippen molar-refractivity contribution in [1.82, 2.24) is 4.90 Å².